The van der Waals surface area contributed by atoms with Gasteiger partial charge in [0.2, 0.25) is 0 Å². The minimum absolute atomic E-state index is 0.649. The van der Waals surface area contributed by atoms with Crippen LogP contribution < -0.4 is 10.1 Å². The second kappa shape index (κ2) is 10.6. The highest BCUT2D eigenvalue weighted by molar-refractivity contribution is 9.10. The Balaban J connectivity index is 1.52. The van der Waals surface area contributed by atoms with Crippen molar-refractivity contribution in [3.63, 3.8) is 0 Å². The van der Waals surface area contributed by atoms with Gasteiger partial charge in [-0.25, -0.2) is 4.98 Å². The topological polar surface area (TPSA) is 34.1 Å². The third-order valence-corrected chi connectivity index (χ3v) is 6.24. The van der Waals surface area contributed by atoms with Crippen molar-refractivity contribution in [1.29, 1.82) is 0 Å². The van der Waals surface area contributed by atoms with Crippen LogP contribution in [0, 0.1) is 0 Å². The third-order valence-electron chi connectivity index (χ3n) is 5.71. The van der Waals surface area contributed by atoms with E-state index in [1.54, 1.807) is 0 Å². The zero-order chi connectivity index (χ0) is 24.0. The molecule has 0 radical (unpaired) electrons. The summed E-state index contributed by atoms with van der Waals surface area (Å²) in [5.74, 6) is 0.863. The molecule has 0 aliphatic heterocycles. The van der Waals surface area contributed by atoms with Crippen LogP contribution in [0.25, 0.3) is 33.6 Å². The fraction of sp³-hybridized carbons (Fsp3) is 0.0645. The molecular weight excluding hydrogens is 496 g/mol. The molecule has 3 nitrogen and oxygen atoms in total. The number of halogens is 1. The summed E-state index contributed by atoms with van der Waals surface area (Å²) < 4.78 is 6.66. The molecule has 0 fully saturated rings. The number of aromatic nitrogens is 1. The van der Waals surface area contributed by atoms with Crippen molar-refractivity contribution in [2.75, 3.05) is 11.9 Å². The molecule has 0 saturated carbocycles. The van der Waals surface area contributed by atoms with Gasteiger partial charge >= 0.3 is 0 Å². The summed E-state index contributed by atoms with van der Waals surface area (Å²) in [7, 11) is 0. The van der Waals surface area contributed by atoms with Gasteiger partial charge in [0.25, 0.3) is 0 Å². The monoisotopic (exact) mass is 520 g/mol. The molecule has 1 heterocycles. The van der Waals surface area contributed by atoms with Crippen LogP contribution in [0.2, 0.25) is 0 Å². The highest BCUT2D eigenvalue weighted by atomic mass is 79.9. The quantitative estimate of drug-likeness (QED) is 0.232. The Morgan fingerprint density at radius 2 is 1.17 bits per heavy atom. The second-order valence-electron chi connectivity index (χ2n) is 8.16. The molecule has 35 heavy (non-hydrogen) atoms. The first-order chi connectivity index (χ1) is 17.2. The number of nitrogens with zero attached hydrogens (tertiary/aromatic N) is 1. The zero-order valence-corrected chi connectivity index (χ0v) is 21.0. The summed E-state index contributed by atoms with van der Waals surface area (Å²) in [5, 5.41) is 3.45. The van der Waals surface area contributed by atoms with Gasteiger partial charge < -0.3 is 10.1 Å². The van der Waals surface area contributed by atoms with Gasteiger partial charge in [-0.3, -0.25) is 0 Å². The van der Waals surface area contributed by atoms with Crippen LogP contribution in [0.15, 0.2) is 120 Å². The van der Waals surface area contributed by atoms with Gasteiger partial charge in [0.15, 0.2) is 0 Å². The number of rotatable bonds is 7. The maximum atomic E-state index is 5.62. The summed E-state index contributed by atoms with van der Waals surface area (Å²) in [4.78, 5) is 5.01. The van der Waals surface area contributed by atoms with Crippen LogP contribution >= 0.6 is 15.9 Å². The van der Waals surface area contributed by atoms with Gasteiger partial charge in [0, 0.05) is 27.0 Å². The van der Waals surface area contributed by atoms with Crippen LogP contribution in [-0.4, -0.2) is 11.6 Å². The molecule has 0 aliphatic rings. The molecule has 5 aromatic rings. The van der Waals surface area contributed by atoms with E-state index < -0.39 is 0 Å². The summed E-state index contributed by atoms with van der Waals surface area (Å²) >= 11 is 3.53. The van der Waals surface area contributed by atoms with Crippen molar-refractivity contribution >= 4 is 27.3 Å². The Labute approximate surface area is 214 Å². The summed E-state index contributed by atoms with van der Waals surface area (Å²) in [6, 6.07) is 39.4. The van der Waals surface area contributed by atoms with Gasteiger partial charge in [-0.2, -0.15) is 0 Å². The van der Waals surface area contributed by atoms with Crippen LogP contribution in [-0.2, 0) is 0 Å². The first kappa shape index (κ1) is 22.9. The number of nitrogens with one attached hydrogen (secondary N) is 1. The van der Waals surface area contributed by atoms with E-state index in [9.17, 15) is 0 Å². The average molecular weight is 521 g/mol. The predicted molar refractivity (Wildman–Crippen MR) is 149 cm³/mol. The first-order valence-corrected chi connectivity index (χ1v) is 12.4. The van der Waals surface area contributed by atoms with E-state index in [-0.39, 0.29) is 0 Å². The number of hydrogen-bond acceptors (Lipinski definition) is 3. The van der Waals surface area contributed by atoms with Crippen molar-refractivity contribution in [3.05, 3.63) is 120 Å². The van der Waals surface area contributed by atoms with Gasteiger partial charge in [-0.1, -0.05) is 58.4 Å². The Morgan fingerprint density at radius 1 is 0.629 bits per heavy atom. The lowest BCUT2D eigenvalue weighted by Gasteiger charge is -2.12. The SMILES string of the molecule is CCOc1ccc(-c2cc(-c3ccc(Nc4ccccc4)cc3)cc(-c3ccc(Br)cc3)n2)cc1. The van der Waals surface area contributed by atoms with Crippen molar-refractivity contribution < 1.29 is 4.74 Å². The Hall–Kier alpha value is -3.89. The van der Waals surface area contributed by atoms with E-state index in [2.05, 4.69) is 94.0 Å². The molecule has 1 N–H and O–H groups in total. The predicted octanol–water partition coefficient (Wildman–Crippen LogP) is 8.99. The molecule has 172 valence electrons. The molecule has 1 aromatic heterocycles. The molecule has 0 atom stereocenters. The normalized spacial score (nSPS) is 10.7. The van der Waals surface area contributed by atoms with Gasteiger partial charge in [0.05, 0.1) is 18.0 Å². The highest BCUT2D eigenvalue weighted by Crippen LogP contribution is 2.32. The smallest absolute Gasteiger partial charge is 0.119 e. The van der Waals surface area contributed by atoms with Crippen molar-refractivity contribution in [1.82, 2.24) is 4.98 Å². The van der Waals surface area contributed by atoms with Crippen LogP contribution in [0.1, 0.15) is 6.92 Å². The molecule has 0 amide bonds. The number of ether oxygens (including phenoxy) is 1. The summed E-state index contributed by atoms with van der Waals surface area (Å²) in [6.45, 7) is 2.64. The van der Waals surface area contributed by atoms with E-state index in [0.717, 1.165) is 55.2 Å². The highest BCUT2D eigenvalue weighted by Gasteiger charge is 2.10. The van der Waals surface area contributed by atoms with E-state index in [0.29, 0.717) is 6.61 Å². The molecule has 0 unspecified atom stereocenters. The zero-order valence-electron chi connectivity index (χ0n) is 19.4. The summed E-state index contributed by atoms with van der Waals surface area (Å²) in [5.41, 5.74) is 8.36. The van der Waals surface area contributed by atoms with Crippen LogP contribution in [0.3, 0.4) is 0 Å². The molecular formula is C31H25BrN2O. The average Bonchev–Trinajstić information content (AvgIpc) is 2.90. The van der Waals surface area contributed by atoms with Crippen molar-refractivity contribution in [2.24, 2.45) is 0 Å². The second-order valence-corrected chi connectivity index (χ2v) is 9.07. The van der Waals surface area contributed by atoms with Gasteiger partial charge in [0.1, 0.15) is 5.75 Å². The fourth-order valence-electron chi connectivity index (χ4n) is 3.94. The van der Waals surface area contributed by atoms with E-state index >= 15 is 0 Å². The van der Waals surface area contributed by atoms with E-state index in [4.69, 9.17) is 9.72 Å². The molecule has 0 saturated heterocycles. The molecule has 4 aromatic carbocycles. The minimum Gasteiger partial charge on any atom is -0.494 e. The Morgan fingerprint density at radius 3 is 1.77 bits per heavy atom. The lowest BCUT2D eigenvalue weighted by Crippen LogP contribution is -1.93. The molecule has 4 heteroatoms. The minimum atomic E-state index is 0.649. The van der Waals surface area contributed by atoms with Crippen molar-refractivity contribution in [2.45, 2.75) is 6.92 Å². The number of anilines is 2. The Bertz CT molecular complexity index is 1400. The molecule has 0 bridgehead atoms. The Kier molecular flexibility index (Phi) is 6.92. The molecule has 0 aliphatic carbocycles. The number of pyridine rings is 1. The molecule has 0 spiro atoms. The fourth-order valence-corrected chi connectivity index (χ4v) is 4.20. The van der Waals surface area contributed by atoms with E-state index in [1.807, 2.05) is 49.4 Å². The molecule has 5 rings (SSSR count). The maximum absolute atomic E-state index is 5.62. The van der Waals surface area contributed by atoms with Gasteiger partial charge in [-0.05, 0) is 90.8 Å². The third kappa shape index (κ3) is 5.61. The largest absolute Gasteiger partial charge is 0.494 e. The van der Waals surface area contributed by atoms with Gasteiger partial charge in [-0.15, -0.1) is 0 Å². The standard InChI is InChI=1S/C31H25BrN2O/c1-2-35-29-18-12-24(13-19-29)31-21-25(20-30(34-31)23-8-14-26(32)15-9-23)22-10-16-28(17-11-22)33-27-6-4-3-5-7-27/h3-21,33H,2H2,1H3. The van der Waals surface area contributed by atoms with Crippen molar-refractivity contribution in [3.8, 4) is 39.4 Å². The first-order valence-electron chi connectivity index (χ1n) is 11.6. The number of hydrogen-bond donors (Lipinski definition) is 1. The van der Waals surface area contributed by atoms with Crippen LogP contribution in [0.5, 0.6) is 5.75 Å². The number of para-hydroxylation sites is 1. The maximum Gasteiger partial charge on any atom is 0.119 e. The number of benzene rings is 4. The summed E-state index contributed by atoms with van der Waals surface area (Å²) in [6.07, 6.45) is 0. The lowest BCUT2D eigenvalue weighted by atomic mass is 9.99. The lowest BCUT2D eigenvalue weighted by molar-refractivity contribution is 0.340. The van der Waals surface area contributed by atoms with E-state index in [1.165, 1.54) is 0 Å². The van der Waals surface area contributed by atoms with Crippen LogP contribution in [0.4, 0.5) is 11.4 Å².